The first-order chi connectivity index (χ1) is 13.3. The van der Waals surface area contributed by atoms with E-state index in [4.69, 9.17) is 4.74 Å². The average Bonchev–Trinajstić information content (AvgIpc) is 2.73. The van der Waals surface area contributed by atoms with Gasteiger partial charge in [-0.05, 0) is 54.7 Å². The van der Waals surface area contributed by atoms with Gasteiger partial charge in [0.15, 0.2) is 0 Å². The molecule has 0 unspecified atom stereocenters. The van der Waals surface area contributed by atoms with Gasteiger partial charge >= 0.3 is 0 Å². The van der Waals surface area contributed by atoms with Crippen LogP contribution in [0.2, 0.25) is 0 Å². The second-order valence-corrected chi connectivity index (χ2v) is 6.88. The summed E-state index contributed by atoms with van der Waals surface area (Å²) in [4.78, 5) is 4.65. The van der Waals surface area contributed by atoms with Crippen molar-refractivity contribution >= 4 is 0 Å². The van der Waals surface area contributed by atoms with Gasteiger partial charge in [0.1, 0.15) is 5.75 Å². The summed E-state index contributed by atoms with van der Waals surface area (Å²) in [6, 6.07) is 21.3. The number of ether oxygens (including phenoxy) is 1. The minimum Gasteiger partial charge on any atom is -0.494 e. The highest BCUT2D eigenvalue weighted by molar-refractivity contribution is 5.70. The first-order valence-corrected chi connectivity index (χ1v) is 10.1. The van der Waals surface area contributed by atoms with E-state index in [1.165, 1.54) is 53.6 Å². The Hall–Kier alpha value is -2.61. The number of aryl methyl sites for hydroxylation is 1. The summed E-state index contributed by atoms with van der Waals surface area (Å²) >= 11 is 0. The third kappa shape index (κ3) is 5.43. The van der Waals surface area contributed by atoms with Gasteiger partial charge in [0.2, 0.25) is 0 Å². The number of rotatable bonds is 9. The molecule has 27 heavy (non-hydrogen) atoms. The lowest BCUT2D eigenvalue weighted by atomic mass is 10.0. The van der Waals surface area contributed by atoms with Crippen molar-refractivity contribution in [3.8, 4) is 28.0 Å². The highest BCUT2D eigenvalue weighted by atomic mass is 16.5. The van der Waals surface area contributed by atoms with Crippen LogP contribution in [-0.4, -0.2) is 11.6 Å². The molecule has 0 N–H and O–H groups in total. The van der Waals surface area contributed by atoms with Crippen LogP contribution in [0.25, 0.3) is 22.3 Å². The SMILES string of the molecule is CCCCCCc1ccc(-c2ccc(-c3ccc(OCC)cc3)cc2)cn1. The van der Waals surface area contributed by atoms with Crippen LogP contribution in [0.15, 0.2) is 66.9 Å². The maximum atomic E-state index is 5.51. The summed E-state index contributed by atoms with van der Waals surface area (Å²) < 4.78 is 5.51. The zero-order valence-corrected chi connectivity index (χ0v) is 16.4. The molecule has 0 aliphatic carbocycles. The molecule has 3 rings (SSSR count). The van der Waals surface area contributed by atoms with Gasteiger partial charge in [0.05, 0.1) is 6.61 Å². The van der Waals surface area contributed by atoms with E-state index in [-0.39, 0.29) is 0 Å². The smallest absolute Gasteiger partial charge is 0.119 e. The van der Waals surface area contributed by atoms with Gasteiger partial charge in [-0.25, -0.2) is 0 Å². The maximum Gasteiger partial charge on any atom is 0.119 e. The molecule has 1 aromatic heterocycles. The van der Waals surface area contributed by atoms with Crippen LogP contribution in [0.1, 0.15) is 45.2 Å². The molecule has 2 aromatic carbocycles. The fourth-order valence-corrected chi connectivity index (χ4v) is 3.24. The first-order valence-electron chi connectivity index (χ1n) is 10.1. The van der Waals surface area contributed by atoms with Crippen molar-refractivity contribution < 1.29 is 4.74 Å². The van der Waals surface area contributed by atoms with Crippen molar-refractivity contribution in [1.29, 1.82) is 0 Å². The quantitative estimate of drug-likeness (QED) is 0.386. The predicted octanol–water partition coefficient (Wildman–Crippen LogP) is 6.94. The van der Waals surface area contributed by atoms with Crippen LogP contribution in [0, 0.1) is 0 Å². The van der Waals surface area contributed by atoms with E-state index in [0.29, 0.717) is 6.61 Å². The van der Waals surface area contributed by atoms with Gasteiger partial charge in [0.25, 0.3) is 0 Å². The van der Waals surface area contributed by atoms with E-state index in [1.807, 2.05) is 25.3 Å². The Morgan fingerprint density at radius 2 is 1.26 bits per heavy atom. The molecule has 140 valence electrons. The number of benzene rings is 2. The lowest BCUT2D eigenvalue weighted by molar-refractivity contribution is 0.340. The number of pyridine rings is 1. The standard InChI is InChI=1S/C25H29NO/c1-3-5-6-7-8-24-16-13-23(19-26-24)22-11-9-20(10-12-22)21-14-17-25(18-15-21)27-4-2/h9-19H,3-8H2,1-2H3. The molecule has 0 aliphatic rings. The van der Waals surface area contributed by atoms with E-state index >= 15 is 0 Å². The molecule has 0 saturated heterocycles. The van der Waals surface area contributed by atoms with Crippen LogP contribution in [0.4, 0.5) is 0 Å². The zero-order chi connectivity index (χ0) is 18.9. The molecule has 0 saturated carbocycles. The normalized spacial score (nSPS) is 10.7. The molecule has 0 fully saturated rings. The van der Waals surface area contributed by atoms with Crippen LogP contribution in [-0.2, 0) is 6.42 Å². The van der Waals surface area contributed by atoms with Crippen molar-refractivity contribution in [2.24, 2.45) is 0 Å². The lowest BCUT2D eigenvalue weighted by Gasteiger charge is -2.07. The van der Waals surface area contributed by atoms with E-state index in [9.17, 15) is 0 Å². The Morgan fingerprint density at radius 1 is 0.667 bits per heavy atom. The van der Waals surface area contributed by atoms with Crippen LogP contribution < -0.4 is 4.74 Å². The van der Waals surface area contributed by atoms with Gasteiger partial charge < -0.3 is 4.74 Å². The number of aromatic nitrogens is 1. The third-order valence-electron chi connectivity index (χ3n) is 4.83. The van der Waals surface area contributed by atoms with Crippen LogP contribution in [0.5, 0.6) is 5.75 Å². The Morgan fingerprint density at radius 3 is 1.81 bits per heavy atom. The largest absolute Gasteiger partial charge is 0.494 e. The minimum absolute atomic E-state index is 0.694. The molecular weight excluding hydrogens is 330 g/mol. The third-order valence-corrected chi connectivity index (χ3v) is 4.83. The van der Waals surface area contributed by atoms with E-state index in [1.54, 1.807) is 0 Å². The number of nitrogens with zero attached hydrogens (tertiary/aromatic N) is 1. The Kier molecular flexibility index (Phi) is 7.04. The molecule has 1 heterocycles. The van der Waals surface area contributed by atoms with Crippen molar-refractivity contribution in [3.63, 3.8) is 0 Å². The van der Waals surface area contributed by atoms with E-state index < -0.39 is 0 Å². The topological polar surface area (TPSA) is 22.1 Å². The summed E-state index contributed by atoms with van der Waals surface area (Å²) in [7, 11) is 0. The minimum atomic E-state index is 0.694. The summed E-state index contributed by atoms with van der Waals surface area (Å²) in [5, 5.41) is 0. The van der Waals surface area contributed by atoms with E-state index in [0.717, 1.165) is 12.2 Å². The highest BCUT2D eigenvalue weighted by Crippen LogP contribution is 2.26. The second-order valence-electron chi connectivity index (χ2n) is 6.88. The molecule has 0 aliphatic heterocycles. The number of hydrogen-bond donors (Lipinski definition) is 0. The zero-order valence-electron chi connectivity index (χ0n) is 16.4. The Bertz CT molecular complexity index is 804. The molecular formula is C25H29NO. The predicted molar refractivity (Wildman–Crippen MR) is 114 cm³/mol. The molecule has 2 heteroatoms. The number of hydrogen-bond acceptors (Lipinski definition) is 2. The van der Waals surface area contributed by atoms with Gasteiger partial charge in [0, 0.05) is 17.5 Å². The van der Waals surface area contributed by atoms with Gasteiger partial charge in [-0.15, -0.1) is 0 Å². The maximum absolute atomic E-state index is 5.51. The Labute approximate surface area is 163 Å². The first kappa shape index (κ1) is 19.2. The van der Waals surface area contributed by atoms with Crippen molar-refractivity contribution in [2.75, 3.05) is 6.61 Å². The van der Waals surface area contributed by atoms with E-state index in [2.05, 4.69) is 60.4 Å². The molecule has 3 aromatic rings. The summed E-state index contributed by atoms with van der Waals surface area (Å²) in [6.07, 6.45) is 8.21. The Balaban J connectivity index is 1.64. The van der Waals surface area contributed by atoms with Crippen molar-refractivity contribution in [2.45, 2.75) is 46.0 Å². The average molecular weight is 360 g/mol. The lowest BCUT2D eigenvalue weighted by Crippen LogP contribution is -1.91. The summed E-state index contributed by atoms with van der Waals surface area (Å²) in [5.41, 5.74) is 5.98. The van der Waals surface area contributed by atoms with Crippen LogP contribution in [0.3, 0.4) is 0 Å². The summed E-state index contributed by atoms with van der Waals surface area (Å²) in [5.74, 6) is 0.915. The van der Waals surface area contributed by atoms with Gasteiger partial charge in [-0.3, -0.25) is 4.98 Å². The van der Waals surface area contributed by atoms with Gasteiger partial charge in [-0.1, -0.05) is 68.7 Å². The molecule has 0 amide bonds. The fraction of sp³-hybridized carbons (Fsp3) is 0.320. The molecule has 0 spiro atoms. The second kappa shape index (κ2) is 9.91. The molecule has 0 bridgehead atoms. The monoisotopic (exact) mass is 359 g/mol. The van der Waals surface area contributed by atoms with Crippen molar-refractivity contribution in [3.05, 3.63) is 72.6 Å². The van der Waals surface area contributed by atoms with Gasteiger partial charge in [-0.2, -0.15) is 0 Å². The van der Waals surface area contributed by atoms with Crippen LogP contribution >= 0.6 is 0 Å². The van der Waals surface area contributed by atoms with Crippen molar-refractivity contribution in [1.82, 2.24) is 4.98 Å². The molecule has 0 atom stereocenters. The summed E-state index contributed by atoms with van der Waals surface area (Å²) in [6.45, 7) is 4.94. The number of unbranched alkanes of at least 4 members (excludes halogenated alkanes) is 3. The molecule has 0 radical (unpaired) electrons. The fourth-order valence-electron chi connectivity index (χ4n) is 3.24. The molecule has 2 nitrogen and oxygen atoms in total. The highest BCUT2D eigenvalue weighted by Gasteiger charge is 2.03.